The van der Waals surface area contributed by atoms with E-state index in [0.717, 1.165) is 5.52 Å². The topological polar surface area (TPSA) is 22.8 Å². The zero-order chi connectivity index (χ0) is 31.3. The van der Waals surface area contributed by atoms with Gasteiger partial charge < -0.3 is 9.13 Å². The van der Waals surface area contributed by atoms with Crippen molar-refractivity contribution in [3.63, 3.8) is 0 Å². The maximum absolute atomic E-state index is 4.58. The van der Waals surface area contributed by atoms with E-state index >= 15 is 0 Å². The molecule has 1 aliphatic rings. The number of hydrogen-bond donors (Lipinski definition) is 0. The van der Waals surface area contributed by atoms with Crippen LogP contribution in [-0.4, -0.2) is 14.1 Å². The highest BCUT2D eigenvalue weighted by atomic mass is 15.0. The normalized spacial score (nSPS) is 13.5. The third kappa shape index (κ3) is 3.65. The maximum Gasteiger partial charge on any atom is 0.0724 e. The van der Waals surface area contributed by atoms with E-state index in [4.69, 9.17) is 0 Å². The Kier molecular flexibility index (Phi) is 5.34. The Labute approximate surface area is 273 Å². The van der Waals surface area contributed by atoms with Gasteiger partial charge in [-0.25, -0.2) is 0 Å². The van der Waals surface area contributed by atoms with Crippen LogP contribution in [0, 0.1) is 0 Å². The quantitative estimate of drug-likeness (QED) is 0.198. The molecule has 222 valence electrons. The summed E-state index contributed by atoms with van der Waals surface area (Å²) < 4.78 is 4.76. The molecule has 9 aromatic rings. The number of pyridine rings is 1. The molecule has 0 amide bonds. The van der Waals surface area contributed by atoms with E-state index < -0.39 is 0 Å². The van der Waals surface area contributed by atoms with Crippen molar-refractivity contribution in [3.05, 3.63) is 163 Å². The van der Waals surface area contributed by atoms with Crippen LogP contribution in [0.25, 0.3) is 77.2 Å². The molecule has 3 aromatic heterocycles. The van der Waals surface area contributed by atoms with Crippen molar-refractivity contribution < 1.29 is 0 Å². The lowest BCUT2D eigenvalue weighted by Gasteiger charge is -2.22. The number of nitrogens with zero attached hydrogens (tertiary/aromatic N) is 3. The van der Waals surface area contributed by atoms with Gasteiger partial charge in [0.15, 0.2) is 0 Å². The van der Waals surface area contributed by atoms with Crippen LogP contribution in [0.1, 0.15) is 25.0 Å². The molecular weight excluding hydrogens is 571 g/mol. The van der Waals surface area contributed by atoms with Crippen LogP contribution in [0.2, 0.25) is 0 Å². The van der Waals surface area contributed by atoms with Crippen LogP contribution >= 0.6 is 0 Å². The molecule has 10 rings (SSSR count). The minimum absolute atomic E-state index is 0.0611. The number of aromatic nitrogens is 3. The number of para-hydroxylation sites is 2. The highest BCUT2D eigenvalue weighted by Gasteiger charge is 2.35. The van der Waals surface area contributed by atoms with Gasteiger partial charge in [-0.1, -0.05) is 92.7 Å². The van der Waals surface area contributed by atoms with E-state index in [-0.39, 0.29) is 5.41 Å². The van der Waals surface area contributed by atoms with Crippen molar-refractivity contribution in [2.75, 3.05) is 0 Å². The molecule has 0 saturated heterocycles. The van der Waals surface area contributed by atoms with Gasteiger partial charge in [0.05, 0.1) is 28.3 Å². The summed E-state index contributed by atoms with van der Waals surface area (Å²) in [4.78, 5) is 4.58. The van der Waals surface area contributed by atoms with Gasteiger partial charge in [-0.2, -0.15) is 0 Å². The van der Waals surface area contributed by atoms with E-state index in [2.05, 4.69) is 167 Å². The summed E-state index contributed by atoms with van der Waals surface area (Å²) >= 11 is 0. The van der Waals surface area contributed by atoms with Crippen LogP contribution in [-0.2, 0) is 5.41 Å². The Hall–Kier alpha value is -5.93. The first kappa shape index (κ1) is 26.3. The molecule has 0 bridgehead atoms. The van der Waals surface area contributed by atoms with Crippen LogP contribution in [0.4, 0.5) is 0 Å². The molecule has 6 aromatic carbocycles. The minimum Gasteiger partial charge on any atom is -0.309 e. The van der Waals surface area contributed by atoms with Gasteiger partial charge in [-0.15, -0.1) is 0 Å². The van der Waals surface area contributed by atoms with Crippen LogP contribution in [0.5, 0.6) is 0 Å². The molecule has 0 spiro atoms. The summed E-state index contributed by atoms with van der Waals surface area (Å²) in [6.07, 6.45) is 3.92. The van der Waals surface area contributed by atoms with E-state index in [1.54, 1.807) is 0 Å². The third-order valence-corrected chi connectivity index (χ3v) is 10.4. The lowest BCUT2D eigenvalue weighted by Crippen LogP contribution is -2.15. The molecule has 3 heteroatoms. The highest BCUT2D eigenvalue weighted by molar-refractivity contribution is 6.12. The second kappa shape index (κ2) is 9.54. The van der Waals surface area contributed by atoms with Gasteiger partial charge in [-0.3, -0.25) is 4.98 Å². The van der Waals surface area contributed by atoms with Crippen molar-refractivity contribution in [1.29, 1.82) is 0 Å². The molecule has 0 N–H and O–H groups in total. The Morgan fingerprint density at radius 3 is 1.85 bits per heavy atom. The molecule has 1 aliphatic carbocycles. The van der Waals surface area contributed by atoms with Gasteiger partial charge in [0.25, 0.3) is 0 Å². The average molecular weight is 602 g/mol. The first-order valence-corrected chi connectivity index (χ1v) is 16.3. The SMILES string of the molecule is CC1(C)c2ccccc2-c2ccc(-n3c4ccc(-c5ccc6c(c5)c5ccccc5n6-c5ccccc5)cc4c4ccncc43)cc21. The second-order valence-corrected chi connectivity index (χ2v) is 13.3. The zero-order valence-corrected chi connectivity index (χ0v) is 26.3. The van der Waals surface area contributed by atoms with Gasteiger partial charge in [0.1, 0.15) is 0 Å². The maximum atomic E-state index is 4.58. The number of rotatable bonds is 3. The molecule has 3 nitrogen and oxygen atoms in total. The summed E-state index contributed by atoms with van der Waals surface area (Å²) in [6.45, 7) is 4.68. The van der Waals surface area contributed by atoms with Crippen LogP contribution in [0.3, 0.4) is 0 Å². The number of hydrogen-bond acceptors (Lipinski definition) is 1. The Balaban J connectivity index is 1.15. The first-order chi connectivity index (χ1) is 23.1. The fraction of sp³-hybridized carbons (Fsp3) is 0.0682. The zero-order valence-electron chi connectivity index (χ0n) is 26.3. The molecule has 0 saturated carbocycles. The summed E-state index contributed by atoms with van der Waals surface area (Å²) in [7, 11) is 0. The van der Waals surface area contributed by atoms with Gasteiger partial charge >= 0.3 is 0 Å². The molecule has 3 heterocycles. The summed E-state index contributed by atoms with van der Waals surface area (Å²) in [5.74, 6) is 0. The van der Waals surface area contributed by atoms with Crippen molar-refractivity contribution in [1.82, 2.24) is 14.1 Å². The third-order valence-electron chi connectivity index (χ3n) is 10.4. The van der Waals surface area contributed by atoms with Gasteiger partial charge in [-0.05, 0) is 94.0 Å². The lowest BCUT2D eigenvalue weighted by atomic mass is 9.82. The molecule has 0 radical (unpaired) electrons. The predicted molar refractivity (Wildman–Crippen MR) is 196 cm³/mol. The van der Waals surface area contributed by atoms with E-state index in [1.165, 1.54) is 82.9 Å². The smallest absolute Gasteiger partial charge is 0.0724 e. The molecule has 0 atom stereocenters. The van der Waals surface area contributed by atoms with Crippen molar-refractivity contribution in [2.45, 2.75) is 19.3 Å². The number of benzene rings is 6. The molecule has 0 aliphatic heterocycles. The molecule has 0 unspecified atom stereocenters. The fourth-order valence-electron chi connectivity index (χ4n) is 8.17. The van der Waals surface area contributed by atoms with Crippen LogP contribution in [0.15, 0.2) is 152 Å². The van der Waals surface area contributed by atoms with Crippen molar-refractivity contribution >= 4 is 43.6 Å². The standard InChI is InChI=1S/C44H31N3/c1-44(2)38-14-8-6-12-32(38)33-19-18-31(26-39(33)44)47-42-21-17-29(25-37(42)35-22-23-45-27-43(35)47)28-16-20-41-36(24-28)34-13-7-9-15-40(34)46(41)30-10-4-3-5-11-30/h3-27H,1-2H3. The Bertz CT molecular complexity index is 2710. The fourth-order valence-corrected chi connectivity index (χ4v) is 8.17. The molecular formula is C44H31N3. The largest absolute Gasteiger partial charge is 0.309 e. The molecule has 0 fully saturated rings. The Morgan fingerprint density at radius 2 is 1.06 bits per heavy atom. The van der Waals surface area contributed by atoms with E-state index in [0.29, 0.717) is 0 Å². The van der Waals surface area contributed by atoms with Gasteiger partial charge in [0.2, 0.25) is 0 Å². The summed E-state index contributed by atoms with van der Waals surface area (Å²) in [5, 5.41) is 4.96. The predicted octanol–water partition coefficient (Wildman–Crippen LogP) is 11.2. The van der Waals surface area contributed by atoms with Crippen LogP contribution < -0.4 is 0 Å². The second-order valence-electron chi connectivity index (χ2n) is 13.3. The summed E-state index contributed by atoms with van der Waals surface area (Å²) in [5.41, 5.74) is 14.9. The molecule has 47 heavy (non-hydrogen) atoms. The Morgan fingerprint density at radius 1 is 0.447 bits per heavy atom. The van der Waals surface area contributed by atoms with Crippen molar-refractivity contribution in [3.8, 4) is 33.6 Å². The average Bonchev–Trinajstić information content (AvgIpc) is 3.71. The summed E-state index contributed by atoms with van der Waals surface area (Å²) in [6, 6.07) is 51.1. The minimum atomic E-state index is -0.0611. The first-order valence-electron chi connectivity index (χ1n) is 16.3. The van der Waals surface area contributed by atoms with Crippen molar-refractivity contribution in [2.24, 2.45) is 0 Å². The van der Waals surface area contributed by atoms with E-state index in [1.807, 2.05) is 12.4 Å². The highest BCUT2D eigenvalue weighted by Crippen LogP contribution is 2.49. The monoisotopic (exact) mass is 601 g/mol. The lowest BCUT2D eigenvalue weighted by molar-refractivity contribution is 0.660. The van der Waals surface area contributed by atoms with Gasteiger partial charge in [0, 0.05) is 44.5 Å². The number of fused-ring (bicyclic) bond motifs is 9. The van der Waals surface area contributed by atoms with E-state index in [9.17, 15) is 0 Å².